The molecule has 0 saturated carbocycles. The minimum absolute atomic E-state index is 0.188. The number of halogens is 9. The van der Waals surface area contributed by atoms with Gasteiger partial charge in [0.1, 0.15) is 0 Å². The maximum Gasteiger partial charge on any atom is 0.452 e. The fourth-order valence-corrected chi connectivity index (χ4v) is 0. The molecular formula is C7H11F9O. The summed E-state index contributed by atoms with van der Waals surface area (Å²) in [6.07, 6.45) is -10.0. The molecule has 0 unspecified atom stereocenters. The highest BCUT2D eigenvalue weighted by Gasteiger charge is 2.52. The van der Waals surface area contributed by atoms with Crippen molar-refractivity contribution in [2.24, 2.45) is 0 Å². The minimum atomic E-state index is -5.40. The molecular weight excluding hydrogens is 271 g/mol. The molecule has 0 saturated heterocycles. The second-order valence-corrected chi connectivity index (χ2v) is 2.45. The summed E-state index contributed by atoms with van der Waals surface area (Å²) in [7, 11) is 0. The van der Waals surface area contributed by atoms with E-state index in [1.165, 1.54) is 0 Å². The average molecular weight is 282 g/mol. The van der Waals surface area contributed by atoms with E-state index >= 15 is 0 Å². The van der Waals surface area contributed by atoms with Gasteiger partial charge in [-0.2, -0.15) is 35.1 Å². The van der Waals surface area contributed by atoms with Crippen LogP contribution in [0.25, 0.3) is 0 Å². The van der Waals surface area contributed by atoms with E-state index in [1.54, 1.807) is 6.92 Å². The standard InChI is InChI=1S/C3H3F5.C2H2F4.C2H6O/c1-2(4,5)3(6,7)8;3-1-2(4,5)6;1-2-3/h1H3;1H2;3H,2H2,1H3. The van der Waals surface area contributed by atoms with Gasteiger partial charge in [0.2, 0.25) is 0 Å². The summed E-state index contributed by atoms with van der Waals surface area (Å²) in [5.41, 5.74) is 0. The van der Waals surface area contributed by atoms with Crippen molar-refractivity contribution < 1.29 is 44.6 Å². The monoisotopic (exact) mass is 282 g/mol. The second kappa shape index (κ2) is 8.43. The van der Waals surface area contributed by atoms with Crippen LogP contribution in [0.15, 0.2) is 0 Å². The van der Waals surface area contributed by atoms with E-state index < -0.39 is 24.9 Å². The summed E-state index contributed by atoms with van der Waals surface area (Å²) < 4.78 is 96.2. The average Bonchev–Trinajstić information content (AvgIpc) is 2.01. The van der Waals surface area contributed by atoms with Gasteiger partial charge >= 0.3 is 18.3 Å². The highest BCUT2D eigenvalue weighted by Crippen LogP contribution is 2.34. The molecule has 1 N–H and O–H groups in total. The SMILES string of the molecule is CC(F)(F)C(F)(F)F.CCO.FCC(F)(F)F. The van der Waals surface area contributed by atoms with E-state index in [4.69, 9.17) is 5.11 Å². The Morgan fingerprint density at radius 2 is 1.00 bits per heavy atom. The lowest BCUT2D eigenvalue weighted by molar-refractivity contribution is -0.273. The zero-order chi connectivity index (χ0) is 14.9. The number of rotatable bonds is 0. The third-order valence-corrected chi connectivity index (χ3v) is 0.649. The van der Waals surface area contributed by atoms with Crippen molar-refractivity contribution in [1.29, 1.82) is 0 Å². The predicted molar refractivity (Wildman–Crippen MR) is 41.5 cm³/mol. The number of aliphatic hydroxyl groups is 1. The highest BCUT2D eigenvalue weighted by molar-refractivity contribution is 4.67. The molecule has 10 heteroatoms. The summed E-state index contributed by atoms with van der Waals surface area (Å²) in [5.74, 6) is -4.56. The maximum atomic E-state index is 11.1. The molecule has 0 atom stereocenters. The number of aliphatic hydroxyl groups excluding tert-OH is 1. The van der Waals surface area contributed by atoms with E-state index in [2.05, 4.69) is 0 Å². The van der Waals surface area contributed by atoms with Gasteiger partial charge in [0.25, 0.3) is 0 Å². The van der Waals surface area contributed by atoms with Crippen molar-refractivity contribution in [2.75, 3.05) is 13.3 Å². The molecule has 0 fully saturated rings. The van der Waals surface area contributed by atoms with Gasteiger partial charge in [0.15, 0.2) is 6.67 Å². The second-order valence-electron chi connectivity index (χ2n) is 2.45. The van der Waals surface area contributed by atoms with Crippen LogP contribution >= 0.6 is 0 Å². The van der Waals surface area contributed by atoms with Crippen molar-refractivity contribution in [3.05, 3.63) is 0 Å². The van der Waals surface area contributed by atoms with Crippen LogP contribution in [0.5, 0.6) is 0 Å². The van der Waals surface area contributed by atoms with Gasteiger partial charge in [0.05, 0.1) is 0 Å². The first-order valence-corrected chi connectivity index (χ1v) is 3.91. The molecule has 0 aromatic carbocycles. The van der Waals surface area contributed by atoms with Gasteiger partial charge in [-0.3, -0.25) is 0 Å². The van der Waals surface area contributed by atoms with Crippen LogP contribution in [-0.4, -0.2) is 36.7 Å². The molecule has 0 radical (unpaired) electrons. The van der Waals surface area contributed by atoms with Crippen molar-refractivity contribution in [3.8, 4) is 0 Å². The smallest absolute Gasteiger partial charge is 0.397 e. The van der Waals surface area contributed by atoms with Crippen LogP contribution in [0.4, 0.5) is 39.5 Å². The molecule has 0 spiro atoms. The Kier molecular flexibility index (Phi) is 10.7. The predicted octanol–water partition coefficient (Wildman–Crippen LogP) is 3.72. The van der Waals surface area contributed by atoms with Crippen LogP contribution in [0.1, 0.15) is 13.8 Å². The third-order valence-electron chi connectivity index (χ3n) is 0.649. The topological polar surface area (TPSA) is 20.2 Å². The van der Waals surface area contributed by atoms with Gasteiger partial charge in [-0.25, -0.2) is 4.39 Å². The molecule has 1 nitrogen and oxygen atoms in total. The van der Waals surface area contributed by atoms with Crippen LogP contribution in [0, 0.1) is 0 Å². The van der Waals surface area contributed by atoms with E-state index in [0.717, 1.165) is 0 Å². The normalized spacial score (nSPS) is 12.0. The Balaban J connectivity index is -0.000000193. The van der Waals surface area contributed by atoms with Gasteiger partial charge in [-0.1, -0.05) is 0 Å². The lowest BCUT2D eigenvalue weighted by Crippen LogP contribution is -2.32. The van der Waals surface area contributed by atoms with Crippen LogP contribution < -0.4 is 0 Å². The molecule has 0 bridgehead atoms. The Labute approximate surface area is 91.2 Å². The first-order chi connectivity index (χ1) is 7.22. The molecule has 0 aliphatic heterocycles. The molecule has 0 rings (SSSR count). The fraction of sp³-hybridized carbons (Fsp3) is 1.00. The minimum Gasteiger partial charge on any atom is -0.397 e. The molecule has 0 amide bonds. The maximum absolute atomic E-state index is 11.1. The summed E-state index contributed by atoms with van der Waals surface area (Å²) >= 11 is 0. The summed E-state index contributed by atoms with van der Waals surface area (Å²) in [5, 5.41) is 7.57. The molecule has 17 heavy (non-hydrogen) atoms. The van der Waals surface area contributed by atoms with Crippen molar-refractivity contribution in [2.45, 2.75) is 32.1 Å². The van der Waals surface area contributed by atoms with Crippen LogP contribution in [0.3, 0.4) is 0 Å². The number of hydrogen-bond donors (Lipinski definition) is 1. The van der Waals surface area contributed by atoms with E-state index in [1.807, 2.05) is 0 Å². The van der Waals surface area contributed by atoms with E-state index in [-0.39, 0.29) is 13.5 Å². The Morgan fingerprint density at radius 1 is 0.882 bits per heavy atom. The first-order valence-electron chi connectivity index (χ1n) is 3.91. The van der Waals surface area contributed by atoms with Crippen LogP contribution in [-0.2, 0) is 0 Å². The summed E-state index contributed by atoms with van der Waals surface area (Å²) in [6, 6.07) is 0. The lowest BCUT2D eigenvalue weighted by atomic mass is 10.4. The number of alkyl halides is 9. The Hall–Kier alpha value is -0.670. The molecule has 0 heterocycles. The Morgan fingerprint density at radius 3 is 1.00 bits per heavy atom. The van der Waals surface area contributed by atoms with Gasteiger partial charge < -0.3 is 5.11 Å². The molecule has 0 aromatic heterocycles. The van der Waals surface area contributed by atoms with E-state index in [9.17, 15) is 39.5 Å². The third kappa shape index (κ3) is 21.2. The van der Waals surface area contributed by atoms with Gasteiger partial charge in [0, 0.05) is 13.5 Å². The summed E-state index contributed by atoms with van der Waals surface area (Å²) in [6.45, 7) is -0.486. The molecule has 0 aliphatic carbocycles. The van der Waals surface area contributed by atoms with Crippen LogP contribution in [0.2, 0.25) is 0 Å². The Bertz CT molecular complexity index is 154. The summed E-state index contributed by atoms with van der Waals surface area (Å²) in [4.78, 5) is 0. The number of hydrogen-bond acceptors (Lipinski definition) is 1. The highest BCUT2D eigenvalue weighted by atomic mass is 19.4. The fourth-order valence-electron chi connectivity index (χ4n) is 0. The zero-order valence-electron chi connectivity index (χ0n) is 8.76. The van der Waals surface area contributed by atoms with Gasteiger partial charge in [-0.15, -0.1) is 0 Å². The quantitative estimate of drug-likeness (QED) is 0.671. The van der Waals surface area contributed by atoms with Crippen molar-refractivity contribution in [3.63, 3.8) is 0 Å². The van der Waals surface area contributed by atoms with Gasteiger partial charge in [-0.05, 0) is 6.92 Å². The molecule has 108 valence electrons. The zero-order valence-corrected chi connectivity index (χ0v) is 8.76. The lowest BCUT2D eigenvalue weighted by Gasteiger charge is -2.12. The largest absolute Gasteiger partial charge is 0.452 e. The molecule has 0 aromatic rings. The first kappa shape index (κ1) is 21.6. The molecule has 0 aliphatic rings. The van der Waals surface area contributed by atoms with Crippen molar-refractivity contribution in [1.82, 2.24) is 0 Å². The van der Waals surface area contributed by atoms with E-state index in [0.29, 0.717) is 0 Å². The van der Waals surface area contributed by atoms with Crippen molar-refractivity contribution >= 4 is 0 Å².